The number of hydrogen-bond donors (Lipinski definition) is 0. The van der Waals surface area contributed by atoms with Crippen LogP contribution in [0.25, 0.3) is 0 Å². The average molecular weight is 545 g/mol. The third-order valence-electron chi connectivity index (χ3n) is 6.69. The molecule has 1 aromatic heterocycles. The molecular weight excluding hydrogens is 511 g/mol. The molecule has 0 fully saturated rings. The molecule has 0 saturated carbocycles. The molecule has 37 heavy (non-hydrogen) atoms. The Morgan fingerprint density at radius 3 is 2.41 bits per heavy atom. The Labute approximate surface area is 222 Å². The van der Waals surface area contributed by atoms with Crippen LogP contribution in [0.1, 0.15) is 48.4 Å². The Hall–Kier alpha value is -2.59. The van der Waals surface area contributed by atoms with Crippen LogP contribution >= 0.6 is 11.3 Å². The molecule has 2 heterocycles. The fourth-order valence-corrected chi connectivity index (χ4v) is 6.86. The molecule has 0 aliphatic carbocycles. The molecule has 4 rings (SSSR count). The zero-order valence-electron chi connectivity index (χ0n) is 21.6. The van der Waals surface area contributed by atoms with Gasteiger partial charge in [0, 0.05) is 25.1 Å². The summed E-state index contributed by atoms with van der Waals surface area (Å²) in [6.45, 7) is 6.53. The predicted octanol–water partition coefficient (Wildman–Crippen LogP) is 5.00. The second kappa shape index (κ2) is 11.0. The third-order valence-corrected chi connectivity index (χ3v) is 9.54. The quantitative estimate of drug-likeness (QED) is 0.401. The number of carbonyl (C=O) groups excluding carboxylic acids is 1. The van der Waals surface area contributed by atoms with Crippen molar-refractivity contribution >= 4 is 27.3 Å². The number of halogens is 1. The normalized spacial score (nSPS) is 16.2. The van der Waals surface area contributed by atoms with Crippen LogP contribution in [0.15, 0.2) is 64.9 Å². The molecule has 0 bridgehead atoms. The van der Waals surface area contributed by atoms with Crippen molar-refractivity contribution in [3.05, 3.63) is 87.4 Å². The van der Waals surface area contributed by atoms with E-state index in [-0.39, 0.29) is 41.7 Å². The van der Waals surface area contributed by atoms with Crippen LogP contribution in [0.3, 0.4) is 0 Å². The Kier molecular flexibility index (Phi) is 8.18. The maximum absolute atomic E-state index is 13.7. The number of carbonyl (C=O) groups is 1. The molecule has 3 aromatic rings. The van der Waals surface area contributed by atoms with E-state index in [0.29, 0.717) is 13.0 Å². The topological polar surface area (TPSA) is 66.9 Å². The molecule has 1 unspecified atom stereocenters. The van der Waals surface area contributed by atoms with Gasteiger partial charge in [0.2, 0.25) is 15.9 Å². The van der Waals surface area contributed by atoms with Crippen LogP contribution in [0.5, 0.6) is 0 Å². The number of thiophene rings is 1. The monoisotopic (exact) mass is 544 g/mol. The summed E-state index contributed by atoms with van der Waals surface area (Å²) in [7, 11) is -2.45. The van der Waals surface area contributed by atoms with Crippen molar-refractivity contribution in [2.45, 2.75) is 43.5 Å². The highest BCUT2D eigenvalue weighted by molar-refractivity contribution is 7.89. The summed E-state index contributed by atoms with van der Waals surface area (Å²) in [4.78, 5) is 16.8. The van der Waals surface area contributed by atoms with Crippen LogP contribution in [0, 0.1) is 5.82 Å². The van der Waals surface area contributed by atoms with E-state index in [1.807, 2.05) is 23.6 Å². The first-order valence-electron chi connectivity index (χ1n) is 12.2. The van der Waals surface area contributed by atoms with E-state index < -0.39 is 16.1 Å². The molecule has 1 aliphatic heterocycles. The number of ether oxygens (including phenoxy) is 1. The van der Waals surface area contributed by atoms with Crippen LogP contribution in [-0.4, -0.2) is 56.9 Å². The molecular formula is C28H33FN2O4S2. The van der Waals surface area contributed by atoms with Crippen molar-refractivity contribution in [3.63, 3.8) is 0 Å². The van der Waals surface area contributed by atoms with Gasteiger partial charge in [0.25, 0.3) is 0 Å². The van der Waals surface area contributed by atoms with Crippen LogP contribution in [0.4, 0.5) is 4.39 Å². The number of hydrogen-bond acceptors (Lipinski definition) is 5. The molecule has 9 heteroatoms. The Morgan fingerprint density at radius 2 is 1.78 bits per heavy atom. The van der Waals surface area contributed by atoms with E-state index in [0.717, 1.165) is 16.7 Å². The van der Waals surface area contributed by atoms with Gasteiger partial charge in [0.05, 0.1) is 24.1 Å². The fourth-order valence-electron chi connectivity index (χ4n) is 4.58. The molecule has 0 radical (unpaired) electrons. The smallest absolute Gasteiger partial charge is 0.243 e. The van der Waals surface area contributed by atoms with Gasteiger partial charge in [-0.2, -0.15) is 4.31 Å². The van der Waals surface area contributed by atoms with E-state index in [1.54, 1.807) is 40.5 Å². The highest BCUT2D eigenvalue weighted by Crippen LogP contribution is 2.38. The maximum atomic E-state index is 13.7. The van der Waals surface area contributed by atoms with Gasteiger partial charge in [-0.05, 0) is 64.2 Å². The van der Waals surface area contributed by atoms with Gasteiger partial charge >= 0.3 is 0 Å². The fraction of sp³-hybridized carbons (Fsp3) is 0.393. The molecule has 6 nitrogen and oxygen atoms in total. The minimum atomic E-state index is -3.95. The van der Waals surface area contributed by atoms with Gasteiger partial charge in [-0.25, -0.2) is 12.8 Å². The standard InChI is InChI=1S/C28H33FN2O4S2/c1-28(2,3)21-7-11-23(12-8-21)37(33,34)30(16-17-35-4)19-26(32)31-15-13-25-24(14-18-36-25)27(31)20-5-9-22(29)10-6-20/h5-12,14,18,27H,13,15-17,19H2,1-4H3. The SMILES string of the molecule is COCCN(CC(=O)N1CCc2sccc2C1c1ccc(F)cc1)S(=O)(=O)c1ccc(C(C)(C)C)cc1. The molecule has 0 spiro atoms. The Morgan fingerprint density at radius 1 is 1.11 bits per heavy atom. The van der Waals surface area contributed by atoms with E-state index in [2.05, 4.69) is 20.8 Å². The van der Waals surface area contributed by atoms with Crippen molar-refractivity contribution in [1.29, 1.82) is 0 Å². The summed E-state index contributed by atoms with van der Waals surface area (Å²) in [5.41, 5.74) is 2.70. The maximum Gasteiger partial charge on any atom is 0.243 e. The van der Waals surface area contributed by atoms with E-state index in [1.165, 1.54) is 28.4 Å². The van der Waals surface area contributed by atoms with Gasteiger partial charge in [0.15, 0.2) is 0 Å². The van der Waals surface area contributed by atoms with Crippen LogP contribution in [0.2, 0.25) is 0 Å². The lowest BCUT2D eigenvalue weighted by atomic mass is 9.87. The summed E-state index contributed by atoms with van der Waals surface area (Å²) in [5, 5.41) is 1.99. The van der Waals surface area contributed by atoms with Crippen molar-refractivity contribution in [3.8, 4) is 0 Å². The molecule has 0 N–H and O–H groups in total. The first-order chi connectivity index (χ1) is 17.5. The second-order valence-electron chi connectivity index (χ2n) is 10.2. The zero-order valence-corrected chi connectivity index (χ0v) is 23.2. The molecule has 198 valence electrons. The Balaban J connectivity index is 1.63. The zero-order chi connectivity index (χ0) is 26.8. The summed E-state index contributed by atoms with van der Waals surface area (Å²) in [6.07, 6.45) is 0.690. The minimum absolute atomic E-state index is 0.0460. The summed E-state index contributed by atoms with van der Waals surface area (Å²) < 4.78 is 47.3. The van der Waals surface area contributed by atoms with Crippen molar-refractivity contribution in [1.82, 2.24) is 9.21 Å². The van der Waals surface area contributed by atoms with E-state index in [4.69, 9.17) is 4.74 Å². The predicted molar refractivity (Wildman–Crippen MR) is 144 cm³/mol. The number of amides is 1. The number of fused-ring (bicyclic) bond motifs is 1. The minimum Gasteiger partial charge on any atom is -0.383 e. The first kappa shape index (κ1) is 27.4. The van der Waals surface area contributed by atoms with Crippen LogP contribution < -0.4 is 0 Å². The summed E-state index contributed by atoms with van der Waals surface area (Å²) >= 11 is 1.64. The lowest BCUT2D eigenvalue weighted by molar-refractivity contribution is -0.133. The molecule has 0 saturated heterocycles. The number of sulfonamides is 1. The number of methoxy groups -OCH3 is 1. The van der Waals surface area contributed by atoms with Crippen molar-refractivity contribution in [2.75, 3.05) is 33.4 Å². The van der Waals surface area contributed by atoms with Gasteiger partial charge in [-0.15, -0.1) is 11.3 Å². The van der Waals surface area contributed by atoms with Gasteiger partial charge in [0.1, 0.15) is 5.82 Å². The summed E-state index contributed by atoms with van der Waals surface area (Å²) in [6, 6.07) is 14.6. The number of benzene rings is 2. The summed E-state index contributed by atoms with van der Waals surface area (Å²) in [5.74, 6) is -0.658. The van der Waals surface area contributed by atoms with Crippen LogP contribution in [-0.2, 0) is 31.4 Å². The molecule has 1 amide bonds. The largest absolute Gasteiger partial charge is 0.383 e. The number of nitrogens with zero attached hydrogens (tertiary/aromatic N) is 2. The Bertz CT molecular complexity index is 1330. The van der Waals surface area contributed by atoms with E-state index in [9.17, 15) is 17.6 Å². The lowest BCUT2D eigenvalue weighted by Crippen LogP contribution is -2.47. The van der Waals surface area contributed by atoms with Gasteiger partial charge in [-0.1, -0.05) is 45.0 Å². The molecule has 1 aliphatic rings. The average Bonchev–Trinajstić information content (AvgIpc) is 3.35. The van der Waals surface area contributed by atoms with Gasteiger partial charge in [-0.3, -0.25) is 4.79 Å². The highest BCUT2D eigenvalue weighted by atomic mass is 32.2. The highest BCUT2D eigenvalue weighted by Gasteiger charge is 2.35. The third kappa shape index (κ3) is 5.95. The van der Waals surface area contributed by atoms with E-state index >= 15 is 0 Å². The first-order valence-corrected chi connectivity index (χ1v) is 14.5. The second-order valence-corrected chi connectivity index (χ2v) is 13.1. The molecule has 1 atom stereocenters. The van der Waals surface area contributed by atoms with Gasteiger partial charge < -0.3 is 9.64 Å². The van der Waals surface area contributed by atoms with Crippen molar-refractivity contribution < 1.29 is 22.3 Å². The number of rotatable bonds is 8. The lowest BCUT2D eigenvalue weighted by Gasteiger charge is -2.37. The van der Waals surface area contributed by atoms with Crippen molar-refractivity contribution in [2.24, 2.45) is 0 Å². The molecule has 2 aromatic carbocycles.